The third-order valence-corrected chi connectivity index (χ3v) is 7.03. The summed E-state index contributed by atoms with van der Waals surface area (Å²) in [6.45, 7) is 3.23. The fraction of sp³-hybridized carbons (Fsp3) is 0.167. The van der Waals surface area contributed by atoms with Crippen LogP contribution in [0.2, 0.25) is 0 Å². The van der Waals surface area contributed by atoms with Gasteiger partial charge in [0.05, 0.1) is 11.3 Å². The fourth-order valence-electron chi connectivity index (χ4n) is 4.34. The Balaban J connectivity index is 1.72. The summed E-state index contributed by atoms with van der Waals surface area (Å²) >= 11 is 0.616. The van der Waals surface area contributed by atoms with Crippen LogP contribution in [0.25, 0.3) is 16.7 Å². The molecule has 0 amide bonds. The topological polar surface area (TPSA) is 72.4 Å². The molecule has 4 aromatic rings. The summed E-state index contributed by atoms with van der Waals surface area (Å²) < 4.78 is 73.5. The summed E-state index contributed by atoms with van der Waals surface area (Å²) in [6, 6.07) is 6.85. The lowest BCUT2D eigenvalue weighted by Crippen LogP contribution is -2.24. The van der Waals surface area contributed by atoms with E-state index in [1.54, 1.807) is 13.8 Å². The van der Waals surface area contributed by atoms with Crippen molar-refractivity contribution in [2.75, 3.05) is 0 Å². The highest BCUT2D eigenvalue weighted by Crippen LogP contribution is 2.45. The van der Waals surface area contributed by atoms with Gasteiger partial charge < -0.3 is 9.52 Å². The monoisotopic (exact) mass is 507 g/mol. The van der Waals surface area contributed by atoms with Crippen molar-refractivity contribution in [3.8, 4) is 11.4 Å². The predicted molar refractivity (Wildman–Crippen MR) is 117 cm³/mol. The number of fused-ring (bicyclic) bond motifs is 4. The smallest absolute Gasteiger partial charge is 0.416 e. The van der Waals surface area contributed by atoms with Crippen LogP contribution in [0, 0.1) is 11.6 Å². The van der Waals surface area contributed by atoms with Crippen molar-refractivity contribution in [3.63, 3.8) is 0 Å². The lowest BCUT2D eigenvalue weighted by Gasteiger charge is -2.20. The molecule has 35 heavy (non-hydrogen) atoms. The number of pyridine rings is 1. The van der Waals surface area contributed by atoms with E-state index in [4.69, 9.17) is 4.42 Å². The number of hydrogen-bond acceptors (Lipinski definition) is 5. The average molecular weight is 507 g/mol. The number of nitrogens with zero attached hydrogens (tertiary/aromatic N) is 1. The van der Waals surface area contributed by atoms with Crippen LogP contribution in [-0.2, 0) is 11.6 Å². The Morgan fingerprint density at radius 2 is 1.69 bits per heavy atom. The summed E-state index contributed by atoms with van der Waals surface area (Å²) in [6.07, 6.45) is -4.55. The number of hydrogen-bond donors (Lipinski definition) is 1. The molecule has 1 aliphatic rings. The molecule has 0 saturated heterocycles. The predicted octanol–water partition coefficient (Wildman–Crippen LogP) is 5.74. The number of aromatic hydroxyl groups is 1. The zero-order chi connectivity index (χ0) is 25.4. The third kappa shape index (κ3) is 3.44. The number of rotatable bonds is 2. The maximum absolute atomic E-state index is 14.7. The van der Waals surface area contributed by atoms with Crippen LogP contribution in [0.5, 0.6) is 5.75 Å². The van der Waals surface area contributed by atoms with Gasteiger partial charge in [-0.05, 0) is 30.3 Å². The van der Waals surface area contributed by atoms with Gasteiger partial charge in [0.15, 0.2) is 5.75 Å². The van der Waals surface area contributed by atoms with Gasteiger partial charge in [-0.1, -0.05) is 25.6 Å². The van der Waals surface area contributed by atoms with E-state index >= 15 is 0 Å². The minimum Gasteiger partial charge on any atom is -0.505 e. The Morgan fingerprint density at radius 1 is 1.03 bits per heavy atom. The minimum absolute atomic E-state index is 0.0445. The molecule has 0 unspecified atom stereocenters. The highest BCUT2D eigenvalue weighted by Gasteiger charge is 2.41. The molecule has 5 rings (SSSR count). The van der Waals surface area contributed by atoms with Gasteiger partial charge in [0.25, 0.3) is 5.56 Å². The van der Waals surface area contributed by atoms with Gasteiger partial charge in [0, 0.05) is 33.7 Å². The van der Waals surface area contributed by atoms with Crippen LogP contribution in [0.4, 0.5) is 22.0 Å². The van der Waals surface area contributed by atoms with E-state index in [0.29, 0.717) is 17.8 Å². The molecule has 1 N–H and O–H groups in total. The second kappa shape index (κ2) is 7.45. The molecule has 3 heterocycles. The molecule has 1 aliphatic heterocycles. The molecule has 0 atom stereocenters. The SMILES string of the molecule is CC1(C)c2c(F)cc(F)cc2-n2c1cc1oc(=O)c(Sc3ccc(C(F)(F)F)cc3)c(O)c1c2=O. The average Bonchev–Trinajstić information content (AvgIpc) is 2.97. The standard InChI is InChI=1S/C24H14F5NO4S/c1-23(2)16-9-15-17(21(32)30(16)14-8-11(25)7-13(26)18(14)23)19(31)20(22(33)34-15)35-12-5-3-10(4-6-12)24(27,28)29/h3-9,31H,1-2H3. The first-order valence-electron chi connectivity index (χ1n) is 10.1. The van der Waals surface area contributed by atoms with Gasteiger partial charge in [-0.25, -0.2) is 13.6 Å². The number of benzene rings is 2. The van der Waals surface area contributed by atoms with E-state index < -0.39 is 56.0 Å². The van der Waals surface area contributed by atoms with E-state index in [2.05, 4.69) is 0 Å². The number of alkyl halides is 3. The van der Waals surface area contributed by atoms with Crippen molar-refractivity contribution in [3.05, 3.63) is 91.7 Å². The molecule has 0 aliphatic carbocycles. The lowest BCUT2D eigenvalue weighted by molar-refractivity contribution is -0.137. The summed E-state index contributed by atoms with van der Waals surface area (Å²) in [4.78, 5) is 25.8. The minimum atomic E-state index is -4.55. The van der Waals surface area contributed by atoms with Crippen molar-refractivity contribution in [2.24, 2.45) is 0 Å². The Morgan fingerprint density at radius 3 is 2.31 bits per heavy atom. The quantitative estimate of drug-likeness (QED) is 0.351. The van der Waals surface area contributed by atoms with Crippen LogP contribution < -0.4 is 11.2 Å². The van der Waals surface area contributed by atoms with Gasteiger partial charge >= 0.3 is 11.8 Å². The highest BCUT2D eigenvalue weighted by molar-refractivity contribution is 7.99. The zero-order valence-corrected chi connectivity index (χ0v) is 18.8. The van der Waals surface area contributed by atoms with Crippen LogP contribution >= 0.6 is 11.8 Å². The van der Waals surface area contributed by atoms with Crippen LogP contribution in [0.3, 0.4) is 0 Å². The Kier molecular flexibility index (Phi) is 4.93. The number of aromatic nitrogens is 1. The van der Waals surface area contributed by atoms with Crippen molar-refractivity contribution < 1.29 is 31.5 Å². The molecule has 0 saturated carbocycles. The van der Waals surface area contributed by atoms with E-state index in [9.17, 15) is 36.6 Å². The molecule has 5 nitrogen and oxygen atoms in total. The summed E-state index contributed by atoms with van der Waals surface area (Å²) in [7, 11) is 0. The Bertz CT molecular complexity index is 1650. The van der Waals surface area contributed by atoms with Gasteiger partial charge in [-0.2, -0.15) is 13.2 Å². The maximum atomic E-state index is 14.7. The maximum Gasteiger partial charge on any atom is 0.416 e. The molecule has 2 aromatic carbocycles. The fourth-order valence-corrected chi connectivity index (χ4v) is 5.18. The summed E-state index contributed by atoms with van der Waals surface area (Å²) in [5.74, 6) is -2.51. The molecule has 11 heteroatoms. The van der Waals surface area contributed by atoms with Crippen molar-refractivity contribution >= 4 is 22.7 Å². The molecular weight excluding hydrogens is 493 g/mol. The second-order valence-corrected chi connectivity index (χ2v) is 9.59. The largest absolute Gasteiger partial charge is 0.505 e. The highest BCUT2D eigenvalue weighted by atomic mass is 32.2. The van der Waals surface area contributed by atoms with Gasteiger partial charge in [-0.15, -0.1) is 0 Å². The molecule has 0 spiro atoms. The molecule has 0 fully saturated rings. The van der Waals surface area contributed by atoms with Gasteiger partial charge in [0.2, 0.25) is 0 Å². The van der Waals surface area contributed by atoms with E-state index in [1.807, 2.05) is 0 Å². The molecule has 2 aromatic heterocycles. The summed E-state index contributed by atoms with van der Waals surface area (Å²) in [5.41, 5.74) is -3.90. The van der Waals surface area contributed by atoms with E-state index in [-0.39, 0.29) is 27.4 Å². The van der Waals surface area contributed by atoms with Crippen LogP contribution in [0.15, 0.2) is 66.3 Å². The first kappa shape index (κ1) is 23.2. The molecule has 0 radical (unpaired) electrons. The lowest BCUT2D eigenvalue weighted by atomic mass is 9.83. The first-order chi connectivity index (χ1) is 16.3. The van der Waals surface area contributed by atoms with Crippen molar-refractivity contribution in [1.82, 2.24) is 4.57 Å². The van der Waals surface area contributed by atoms with Crippen LogP contribution in [-0.4, -0.2) is 9.67 Å². The molecule has 180 valence electrons. The van der Waals surface area contributed by atoms with Crippen molar-refractivity contribution in [2.45, 2.75) is 35.2 Å². The van der Waals surface area contributed by atoms with E-state index in [0.717, 1.165) is 34.9 Å². The van der Waals surface area contributed by atoms with E-state index in [1.165, 1.54) is 6.07 Å². The van der Waals surface area contributed by atoms with Crippen LogP contribution in [0.1, 0.15) is 30.7 Å². The Labute approximate surface area is 197 Å². The number of halogens is 5. The second-order valence-electron chi connectivity index (χ2n) is 8.51. The van der Waals surface area contributed by atoms with Gasteiger partial charge in [0.1, 0.15) is 27.5 Å². The first-order valence-corrected chi connectivity index (χ1v) is 10.9. The normalized spacial score (nSPS) is 14.3. The molecular formula is C24H14F5NO4S. The Hall–Kier alpha value is -3.60. The zero-order valence-electron chi connectivity index (χ0n) is 18.0. The molecule has 0 bridgehead atoms. The van der Waals surface area contributed by atoms with Crippen molar-refractivity contribution in [1.29, 1.82) is 0 Å². The summed E-state index contributed by atoms with van der Waals surface area (Å²) in [5, 5.41) is 10.4. The third-order valence-electron chi connectivity index (χ3n) is 5.95. The van der Waals surface area contributed by atoms with Gasteiger partial charge in [-0.3, -0.25) is 9.36 Å².